The first-order valence-corrected chi connectivity index (χ1v) is 8.17. The van der Waals surface area contributed by atoms with Gasteiger partial charge < -0.3 is 4.74 Å². The molecule has 5 nitrogen and oxygen atoms in total. The Balaban J connectivity index is 1.60. The van der Waals surface area contributed by atoms with Crippen LogP contribution >= 0.6 is 0 Å². The van der Waals surface area contributed by atoms with Crippen LogP contribution < -0.4 is 0 Å². The highest BCUT2D eigenvalue weighted by Crippen LogP contribution is 2.59. The average molecular weight is 325 g/mol. The molecule has 1 fully saturated rings. The molecule has 0 bridgehead atoms. The molecular formula is C19H23N3O2. The maximum atomic E-state index is 12.3. The zero-order valence-electron chi connectivity index (χ0n) is 14.6. The molecule has 1 aliphatic rings. The highest BCUT2D eigenvalue weighted by atomic mass is 16.5. The third kappa shape index (κ3) is 3.25. The van der Waals surface area contributed by atoms with E-state index in [1.165, 1.54) is 5.57 Å². The van der Waals surface area contributed by atoms with Gasteiger partial charge in [-0.15, -0.1) is 5.10 Å². The fourth-order valence-corrected chi connectivity index (χ4v) is 3.09. The summed E-state index contributed by atoms with van der Waals surface area (Å²) in [5.74, 6) is 0.511. The fourth-order valence-electron chi connectivity index (χ4n) is 3.09. The van der Waals surface area contributed by atoms with Crippen LogP contribution in [0.3, 0.4) is 0 Å². The van der Waals surface area contributed by atoms with Crippen molar-refractivity contribution < 1.29 is 9.53 Å². The predicted molar refractivity (Wildman–Crippen MR) is 91.3 cm³/mol. The lowest BCUT2D eigenvalue weighted by Gasteiger charge is -2.03. The van der Waals surface area contributed by atoms with Gasteiger partial charge in [0.1, 0.15) is 6.33 Å². The van der Waals surface area contributed by atoms with Crippen LogP contribution in [0.2, 0.25) is 0 Å². The van der Waals surface area contributed by atoms with Crippen LogP contribution in [0, 0.1) is 17.3 Å². The minimum atomic E-state index is -0.168. The van der Waals surface area contributed by atoms with E-state index in [1.54, 1.807) is 11.0 Å². The molecule has 1 aromatic carbocycles. The van der Waals surface area contributed by atoms with Gasteiger partial charge in [0.2, 0.25) is 0 Å². The van der Waals surface area contributed by atoms with Crippen LogP contribution in [0.15, 0.2) is 48.3 Å². The standard InChI is InChI=1S/C19H23N3O2/c1-13(2)10-15-17(19(15,3)4)18(23)24-11-16-20-12-22(21-16)14-8-6-5-7-9-14/h5-10,12,15,17H,11H2,1-4H3/t15-,17+/m1/s1. The second kappa shape index (κ2) is 6.23. The zero-order valence-corrected chi connectivity index (χ0v) is 14.6. The number of allylic oxidation sites excluding steroid dienone is 2. The molecule has 0 spiro atoms. The zero-order chi connectivity index (χ0) is 17.3. The minimum absolute atomic E-state index is 0.0365. The number of hydrogen-bond donors (Lipinski definition) is 0. The molecule has 0 saturated heterocycles. The summed E-state index contributed by atoms with van der Waals surface area (Å²) < 4.78 is 7.12. The lowest BCUT2D eigenvalue weighted by Crippen LogP contribution is -2.11. The third-order valence-electron chi connectivity index (χ3n) is 4.58. The summed E-state index contributed by atoms with van der Waals surface area (Å²) >= 11 is 0. The van der Waals surface area contributed by atoms with Crippen LogP contribution in [0.4, 0.5) is 0 Å². The first kappa shape index (κ1) is 16.4. The van der Waals surface area contributed by atoms with E-state index >= 15 is 0 Å². The van der Waals surface area contributed by atoms with Gasteiger partial charge in [0.25, 0.3) is 0 Å². The van der Waals surface area contributed by atoms with Gasteiger partial charge in [-0.25, -0.2) is 9.67 Å². The quantitative estimate of drug-likeness (QED) is 0.623. The van der Waals surface area contributed by atoms with Gasteiger partial charge in [-0.3, -0.25) is 4.79 Å². The maximum Gasteiger partial charge on any atom is 0.310 e. The van der Waals surface area contributed by atoms with Gasteiger partial charge in [0.05, 0.1) is 11.6 Å². The van der Waals surface area contributed by atoms with Crippen molar-refractivity contribution in [3.63, 3.8) is 0 Å². The van der Waals surface area contributed by atoms with E-state index in [-0.39, 0.29) is 29.8 Å². The van der Waals surface area contributed by atoms with E-state index in [4.69, 9.17) is 4.74 Å². The van der Waals surface area contributed by atoms with Crippen molar-refractivity contribution in [1.29, 1.82) is 0 Å². The van der Waals surface area contributed by atoms with Gasteiger partial charge in [0, 0.05) is 0 Å². The largest absolute Gasteiger partial charge is 0.457 e. The number of carbonyl (C=O) groups is 1. The normalized spacial score (nSPS) is 21.2. The van der Waals surface area contributed by atoms with Gasteiger partial charge in [0.15, 0.2) is 12.4 Å². The molecule has 24 heavy (non-hydrogen) atoms. The van der Waals surface area contributed by atoms with Crippen LogP contribution in [-0.2, 0) is 16.1 Å². The van der Waals surface area contributed by atoms with E-state index in [9.17, 15) is 4.79 Å². The average Bonchev–Trinajstić information content (AvgIpc) is 2.90. The molecule has 0 aliphatic heterocycles. The monoisotopic (exact) mass is 325 g/mol. The Morgan fingerprint density at radius 1 is 1.29 bits per heavy atom. The van der Waals surface area contributed by atoms with Gasteiger partial charge in [-0.2, -0.15) is 0 Å². The molecule has 2 atom stereocenters. The maximum absolute atomic E-state index is 12.3. The highest BCUT2D eigenvalue weighted by Gasteiger charge is 2.61. The van der Waals surface area contributed by atoms with Crippen molar-refractivity contribution >= 4 is 5.97 Å². The van der Waals surface area contributed by atoms with Gasteiger partial charge in [-0.05, 0) is 37.3 Å². The van der Waals surface area contributed by atoms with Crippen LogP contribution in [-0.4, -0.2) is 20.7 Å². The molecule has 1 heterocycles. The molecule has 5 heteroatoms. The SMILES string of the molecule is CC(C)=C[C@@H]1[C@@H](C(=O)OCc2ncn(-c3ccccc3)n2)C1(C)C. The second-order valence-electron chi connectivity index (χ2n) is 7.12. The van der Waals surface area contributed by atoms with Crippen LogP contribution in [0.25, 0.3) is 5.69 Å². The van der Waals surface area contributed by atoms with E-state index in [0.717, 1.165) is 5.69 Å². The second-order valence-corrected chi connectivity index (χ2v) is 7.12. The van der Waals surface area contributed by atoms with Gasteiger partial charge in [-0.1, -0.05) is 43.7 Å². The molecule has 0 N–H and O–H groups in total. The molecule has 2 aromatic rings. The molecule has 0 radical (unpaired) electrons. The number of ether oxygens (including phenoxy) is 1. The predicted octanol–water partition coefficient (Wildman–Crippen LogP) is 3.55. The van der Waals surface area contributed by atoms with E-state index < -0.39 is 0 Å². The molecule has 1 aromatic heterocycles. The van der Waals surface area contributed by atoms with E-state index in [0.29, 0.717) is 5.82 Å². The Hall–Kier alpha value is -2.43. The Morgan fingerprint density at radius 3 is 2.67 bits per heavy atom. The number of para-hydroxylation sites is 1. The summed E-state index contributed by atoms with van der Waals surface area (Å²) in [6.07, 6.45) is 3.79. The number of hydrogen-bond acceptors (Lipinski definition) is 4. The third-order valence-corrected chi connectivity index (χ3v) is 4.58. The Labute approximate surface area is 142 Å². The van der Waals surface area contributed by atoms with Crippen molar-refractivity contribution in [2.75, 3.05) is 0 Å². The van der Waals surface area contributed by atoms with Crippen molar-refractivity contribution in [3.05, 3.63) is 54.1 Å². The van der Waals surface area contributed by atoms with Crippen molar-refractivity contribution in [3.8, 4) is 5.69 Å². The Bertz CT molecular complexity index is 758. The fraction of sp³-hybridized carbons (Fsp3) is 0.421. The lowest BCUT2D eigenvalue weighted by molar-refractivity contribution is -0.147. The number of aromatic nitrogens is 3. The number of rotatable bonds is 5. The first-order valence-electron chi connectivity index (χ1n) is 8.17. The van der Waals surface area contributed by atoms with E-state index in [2.05, 4.69) is 43.9 Å². The van der Waals surface area contributed by atoms with Crippen molar-refractivity contribution in [1.82, 2.24) is 14.8 Å². The summed E-state index contributed by atoms with van der Waals surface area (Å²) in [5, 5.41) is 4.35. The van der Waals surface area contributed by atoms with Crippen LogP contribution in [0.5, 0.6) is 0 Å². The number of benzene rings is 1. The smallest absolute Gasteiger partial charge is 0.310 e. The molecule has 0 unspecified atom stereocenters. The molecule has 1 aliphatic carbocycles. The minimum Gasteiger partial charge on any atom is -0.457 e. The topological polar surface area (TPSA) is 57.0 Å². The van der Waals surface area contributed by atoms with Crippen LogP contribution in [0.1, 0.15) is 33.5 Å². The van der Waals surface area contributed by atoms with Gasteiger partial charge >= 0.3 is 5.97 Å². The summed E-state index contributed by atoms with van der Waals surface area (Å²) in [4.78, 5) is 16.6. The summed E-state index contributed by atoms with van der Waals surface area (Å²) in [6.45, 7) is 8.41. The first-order chi connectivity index (χ1) is 11.4. The summed E-state index contributed by atoms with van der Waals surface area (Å²) in [5.41, 5.74) is 2.12. The van der Waals surface area contributed by atoms with E-state index in [1.807, 2.05) is 30.3 Å². The Morgan fingerprint density at radius 2 is 2.00 bits per heavy atom. The van der Waals surface area contributed by atoms with Crippen molar-refractivity contribution in [2.24, 2.45) is 17.3 Å². The molecule has 0 amide bonds. The molecule has 126 valence electrons. The molecular weight excluding hydrogens is 302 g/mol. The van der Waals surface area contributed by atoms with Crippen molar-refractivity contribution in [2.45, 2.75) is 34.3 Å². The molecule has 1 saturated carbocycles. The number of carbonyl (C=O) groups excluding carboxylic acids is 1. The number of esters is 1. The number of nitrogens with zero attached hydrogens (tertiary/aromatic N) is 3. The lowest BCUT2D eigenvalue weighted by atomic mass is 10.1. The summed E-state index contributed by atoms with van der Waals surface area (Å²) in [6, 6.07) is 9.72. The molecule has 3 rings (SSSR count). The Kier molecular flexibility index (Phi) is 4.26. The summed E-state index contributed by atoms with van der Waals surface area (Å²) in [7, 11) is 0. The highest BCUT2D eigenvalue weighted by molar-refractivity contribution is 5.78.